The Labute approximate surface area is 40.1 Å². The van der Waals surface area contributed by atoms with Gasteiger partial charge in [-0.05, 0) is 6.92 Å². The fraction of sp³-hybridized carbons (Fsp3) is 0.667. The zero-order valence-electron chi connectivity index (χ0n) is 3.79. The summed E-state index contributed by atoms with van der Waals surface area (Å²) in [6, 6.07) is 0. The van der Waals surface area contributed by atoms with Crippen molar-refractivity contribution in [2.45, 2.75) is 13.0 Å². The normalized spacial score (nSPS) is 12.9. The van der Waals surface area contributed by atoms with Crippen LogP contribution < -0.4 is 0 Å². The number of hydrogen-bond acceptors (Lipinski definition) is 3. The zero-order valence-corrected chi connectivity index (χ0v) is 3.79. The molecule has 4 heteroatoms. The number of aliphatic hydroxyl groups excluding tert-OH is 1. The van der Waals surface area contributed by atoms with Crippen molar-refractivity contribution in [3.8, 4) is 0 Å². The fourth-order valence-corrected chi connectivity index (χ4v) is 0.0763. The molecule has 7 heavy (non-hydrogen) atoms. The molecule has 1 atom stereocenters. The molecule has 4 nitrogen and oxygen atoms in total. The summed E-state index contributed by atoms with van der Waals surface area (Å²) in [5, 5.41) is 10.1. The molecule has 0 fully saturated rings. The monoisotopic (exact) mass is 103 g/mol. The quantitative estimate of drug-likeness (QED) is 0.461. The van der Waals surface area contributed by atoms with Crippen molar-refractivity contribution in [2.24, 2.45) is 5.18 Å². The number of carbonyl (C=O) groups excluding carboxylic acids is 1. The van der Waals surface area contributed by atoms with Crippen LogP contribution in [0.2, 0.25) is 0 Å². The number of carbonyl (C=O) groups is 1. The molecular formula is C3H5NO3. The highest BCUT2D eigenvalue weighted by molar-refractivity contribution is 5.80. The highest BCUT2D eigenvalue weighted by atomic mass is 16.3. The van der Waals surface area contributed by atoms with Crippen molar-refractivity contribution in [1.82, 2.24) is 0 Å². The molecule has 0 spiro atoms. The van der Waals surface area contributed by atoms with Crippen LogP contribution in [0.15, 0.2) is 5.18 Å². The van der Waals surface area contributed by atoms with Gasteiger partial charge in [0, 0.05) is 5.18 Å². The largest absolute Gasteiger partial charge is 0.383 e. The lowest BCUT2D eigenvalue weighted by Crippen LogP contribution is -2.11. The minimum atomic E-state index is -1.25. The van der Waals surface area contributed by atoms with Crippen LogP contribution in [-0.4, -0.2) is 17.1 Å². The molecule has 0 saturated carbocycles. The molecule has 0 aromatic carbocycles. The van der Waals surface area contributed by atoms with Gasteiger partial charge in [-0.1, -0.05) is 0 Å². The van der Waals surface area contributed by atoms with Gasteiger partial charge in [0.15, 0.2) is 0 Å². The van der Waals surface area contributed by atoms with Gasteiger partial charge in [-0.15, -0.1) is 4.91 Å². The summed E-state index contributed by atoms with van der Waals surface area (Å²) < 4.78 is 0. The summed E-state index contributed by atoms with van der Waals surface area (Å²) >= 11 is 0. The van der Waals surface area contributed by atoms with Crippen LogP contribution in [0.5, 0.6) is 0 Å². The van der Waals surface area contributed by atoms with Crippen LogP contribution in [-0.2, 0) is 4.79 Å². The third-order valence-corrected chi connectivity index (χ3v) is 0.447. The standard InChI is InChI=1S/C3H5NO3/c1-2(5)3(6)4-7/h2,5H,1H3. The van der Waals surface area contributed by atoms with Crippen LogP contribution >= 0.6 is 0 Å². The van der Waals surface area contributed by atoms with Crippen molar-refractivity contribution in [1.29, 1.82) is 0 Å². The van der Waals surface area contributed by atoms with E-state index in [1.54, 1.807) is 0 Å². The van der Waals surface area contributed by atoms with Crippen LogP contribution in [0.25, 0.3) is 0 Å². The van der Waals surface area contributed by atoms with Crippen molar-refractivity contribution in [3.63, 3.8) is 0 Å². The summed E-state index contributed by atoms with van der Waals surface area (Å²) in [6.07, 6.45) is -1.25. The maximum Gasteiger partial charge on any atom is 0.314 e. The topological polar surface area (TPSA) is 66.7 Å². The maximum atomic E-state index is 9.78. The minimum Gasteiger partial charge on any atom is -0.383 e. The van der Waals surface area contributed by atoms with E-state index in [0.717, 1.165) is 0 Å². The molecule has 1 amide bonds. The first kappa shape index (κ1) is 6.23. The Morgan fingerprint density at radius 2 is 2.29 bits per heavy atom. The molecule has 40 valence electrons. The molecule has 0 aromatic heterocycles. The van der Waals surface area contributed by atoms with E-state index < -0.39 is 12.0 Å². The number of hydrogen-bond donors (Lipinski definition) is 1. The van der Waals surface area contributed by atoms with Crippen LogP contribution in [0, 0.1) is 4.91 Å². The van der Waals surface area contributed by atoms with Crippen LogP contribution in [0.4, 0.5) is 0 Å². The summed E-state index contributed by atoms with van der Waals surface area (Å²) in [5.41, 5.74) is 0. The first-order chi connectivity index (χ1) is 3.18. The van der Waals surface area contributed by atoms with E-state index in [0.29, 0.717) is 0 Å². The fourth-order valence-electron chi connectivity index (χ4n) is 0.0763. The Hall–Kier alpha value is -0.770. The van der Waals surface area contributed by atoms with Gasteiger partial charge in [0.25, 0.3) is 0 Å². The molecule has 0 rings (SSSR count). The first-order valence-corrected chi connectivity index (χ1v) is 1.73. The predicted molar refractivity (Wildman–Crippen MR) is 22.5 cm³/mol. The van der Waals surface area contributed by atoms with E-state index in [4.69, 9.17) is 5.11 Å². The predicted octanol–water partition coefficient (Wildman–Crippen LogP) is -0.340. The number of rotatable bonds is 1. The molecule has 1 N–H and O–H groups in total. The van der Waals surface area contributed by atoms with E-state index >= 15 is 0 Å². The minimum absolute atomic E-state index is 1.03. The molecule has 0 radical (unpaired) electrons. The zero-order chi connectivity index (χ0) is 5.86. The lowest BCUT2D eigenvalue weighted by Gasteiger charge is -1.87. The van der Waals surface area contributed by atoms with Crippen molar-refractivity contribution >= 4 is 5.91 Å². The molecule has 0 aliphatic heterocycles. The Balaban J connectivity index is 3.56. The van der Waals surface area contributed by atoms with Gasteiger partial charge in [0.1, 0.15) is 6.10 Å². The number of nitroso groups, excluding NO2 is 1. The molecule has 0 heterocycles. The lowest BCUT2D eigenvalue weighted by atomic mass is 10.4. The van der Waals surface area contributed by atoms with E-state index in [1.165, 1.54) is 6.92 Å². The molecule has 1 unspecified atom stereocenters. The van der Waals surface area contributed by atoms with Gasteiger partial charge < -0.3 is 5.11 Å². The Kier molecular flexibility index (Phi) is 2.15. The second kappa shape index (κ2) is 2.41. The molecule has 0 saturated heterocycles. The van der Waals surface area contributed by atoms with E-state index in [-0.39, 0.29) is 0 Å². The third kappa shape index (κ3) is 1.99. The third-order valence-electron chi connectivity index (χ3n) is 0.447. The average Bonchev–Trinajstić information content (AvgIpc) is 1.65. The molecule has 0 aliphatic carbocycles. The van der Waals surface area contributed by atoms with Crippen LogP contribution in [0.3, 0.4) is 0 Å². The SMILES string of the molecule is CC(O)C(=O)N=O. The first-order valence-electron chi connectivity index (χ1n) is 1.73. The van der Waals surface area contributed by atoms with E-state index in [9.17, 15) is 9.70 Å². The Bertz CT molecular complexity index is 88.2. The summed E-state index contributed by atoms with van der Waals surface area (Å²) in [4.78, 5) is 19.0. The van der Waals surface area contributed by atoms with Crippen molar-refractivity contribution in [2.75, 3.05) is 0 Å². The van der Waals surface area contributed by atoms with Gasteiger partial charge in [0.05, 0.1) is 0 Å². The summed E-state index contributed by atoms with van der Waals surface area (Å²) in [6.45, 7) is 1.18. The highest BCUT2D eigenvalue weighted by Gasteiger charge is 2.06. The van der Waals surface area contributed by atoms with E-state index in [1.807, 2.05) is 5.18 Å². The second-order valence-corrected chi connectivity index (χ2v) is 1.11. The molecule has 0 aromatic rings. The maximum absolute atomic E-state index is 9.78. The number of nitrogens with zero attached hydrogens (tertiary/aromatic N) is 1. The molecule has 0 bridgehead atoms. The molecule has 0 aliphatic rings. The average molecular weight is 103 g/mol. The molecular weight excluding hydrogens is 98.0 g/mol. The van der Waals surface area contributed by atoms with Gasteiger partial charge in [0.2, 0.25) is 0 Å². The summed E-state index contributed by atoms with van der Waals surface area (Å²) in [7, 11) is 0. The lowest BCUT2D eigenvalue weighted by molar-refractivity contribution is -0.125. The van der Waals surface area contributed by atoms with Crippen molar-refractivity contribution in [3.05, 3.63) is 4.91 Å². The Morgan fingerprint density at radius 3 is 2.29 bits per heavy atom. The van der Waals surface area contributed by atoms with Gasteiger partial charge in [-0.25, -0.2) is 0 Å². The van der Waals surface area contributed by atoms with Crippen LogP contribution in [0.1, 0.15) is 6.92 Å². The van der Waals surface area contributed by atoms with E-state index in [2.05, 4.69) is 0 Å². The van der Waals surface area contributed by atoms with Gasteiger partial charge in [-0.3, -0.25) is 4.79 Å². The Morgan fingerprint density at radius 1 is 1.86 bits per heavy atom. The second-order valence-electron chi connectivity index (χ2n) is 1.11. The van der Waals surface area contributed by atoms with Gasteiger partial charge >= 0.3 is 5.91 Å². The summed E-state index contributed by atoms with van der Waals surface area (Å²) in [5.74, 6) is -1.03. The van der Waals surface area contributed by atoms with Crippen molar-refractivity contribution < 1.29 is 9.90 Å². The van der Waals surface area contributed by atoms with Gasteiger partial charge in [-0.2, -0.15) is 0 Å². The highest BCUT2D eigenvalue weighted by Crippen LogP contribution is 1.81. The smallest absolute Gasteiger partial charge is 0.314 e. The number of aliphatic hydroxyl groups is 1. The number of amides is 1.